The Hall–Kier alpha value is -1.11. The number of fused-ring (bicyclic) bond motifs is 1. The lowest BCUT2D eigenvalue weighted by Crippen LogP contribution is -2.34. The zero-order chi connectivity index (χ0) is 13.9. The van der Waals surface area contributed by atoms with Crippen molar-refractivity contribution in [3.63, 3.8) is 0 Å². The molecular weight excluding hydrogens is 247 g/mol. The van der Waals surface area contributed by atoms with Crippen LogP contribution in [0.3, 0.4) is 0 Å². The van der Waals surface area contributed by atoms with Gasteiger partial charge < -0.3 is 0 Å². The molecule has 3 rings (SSSR count). The highest BCUT2D eigenvalue weighted by molar-refractivity contribution is 5.25. The molecule has 2 saturated carbocycles. The van der Waals surface area contributed by atoms with E-state index in [9.17, 15) is 4.39 Å². The minimum absolute atomic E-state index is 0.118. The van der Waals surface area contributed by atoms with Gasteiger partial charge in [0.1, 0.15) is 5.82 Å². The smallest absolute Gasteiger partial charge is 0.123 e. The van der Waals surface area contributed by atoms with Crippen molar-refractivity contribution in [2.75, 3.05) is 0 Å². The van der Waals surface area contributed by atoms with Gasteiger partial charge in [-0.15, -0.1) is 0 Å². The highest BCUT2D eigenvalue weighted by Gasteiger charge is 2.39. The summed E-state index contributed by atoms with van der Waals surface area (Å²) in [6.45, 7) is 2.12. The zero-order valence-electron chi connectivity index (χ0n) is 12.4. The van der Waals surface area contributed by atoms with E-state index in [0.29, 0.717) is 11.8 Å². The van der Waals surface area contributed by atoms with Crippen LogP contribution in [0.1, 0.15) is 56.9 Å². The molecule has 0 radical (unpaired) electrons. The predicted octanol–water partition coefficient (Wildman–Crippen LogP) is 5.70. The van der Waals surface area contributed by atoms with E-state index in [2.05, 4.69) is 19.1 Å². The highest BCUT2D eigenvalue weighted by atomic mass is 19.1. The number of halogens is 1. The molecule has 0 nitrogen and oxygen atoms in total. The summed E-state index contributed by atoms with van der Waals surface area (Å²) in [5.41, 5.74) is 1.35. The molecule has 2 aliphatic carbocycles. The Labute approximate surface area is 122 Å². The van der Waals surface area contributed by atoms with E-state index in [1.807, 2.05) is 12.1 Å². The molecule has 0 N–H and O–H groups in total. The average Bonchev–Trinajstić information content (AvgIpc) is 2.48. The second-order valence-corrected chi connectivity index (χ2v) is 6.55. The second kappa shape index (κ2) is 6.11. The maximum absolute atomic E-state index is 13.2. The topological polar surface area (TPSA) is 0 Å². The monoisotopic (exact) mass is 272 g/mol. The molecular formula is C19H25F. The van der Waals surface area contributed by atoms with Crippen LogP contribution in [0, 0.1) is 23.6 Å². The minimum atomic E-state index is -0.118. The predicted molar refractivity (Wildman–Crippen MR) is 82.1 cm³/mol. The normalized spacial score (nSPS) is 34.1. The molecule has 0 spiro atoms. The van der Waals surface area contributed by atoms with E-state index in [-0.39, 0.29) is 5.82 Å². The molecule has 0 aromatic heterocycles. The standard InChI is InChI=1S/C19H25F/c1-2-5-15-9-8-14-6-3-4-7-18(14)19(15)16-10-12-17(20)13-11-16/h2,5,10-15,18-19H,3-4,6-9H2,1H3/b5-2+. The van der Waals surface area contributed by atoms with Crippen LogP contribution < -0.4 is 0 Å². The van der Waals surface area contributed by atoms with Gasteiger partial charge >= 0.3 is 0 Å². The first kappa shape index (κ1) is 13.9. The van der Waals surface area contributed by atoms with Gasteiger partial charge in [-0.05, 0) is 67.6 Å². The first-order valence-electron chi connectivity index (χ1n) is 8.18. The Bertz CT molecular complexity index is 459. The number of allylic oxidation sites excluding steroid dienone is 2. The van der Waals surface area contributed by atoms with Crippen molar-refractivity contribution in [2.24, 2.45) is 17.8 Å². The Morgan fingerprint density at radius 3 is 2.50 bits per heavy atom. The van der Waals surface area contributed by atoms with Gasteiger partial charge in [0, 0.05) is 0 Å². The Morgan fingerprint density at radius 1 is 1.00 bits per heavy atom. The summed E-state index contributed by atoms with van der Waals surface area (Å²) in [4.78, 5) is 0. The Morgan fingerprint density at radius 2 is 1.75 bits per heavy atom. The number of hydrogen-bond acceptors (Lipinski definition) is 0. The Balaban J connectivity index is 1.92. The summed E-state index contributed by atoms with van der Waals surface area (Å²) in [7, 11) is 0. The van der Waals surface area contributed by atoms with E-state index in [1.54, 1.807) is 12.1 Å². The summed E-state index contributed by atoms with van der Waals surface area (Å²) in [6, 6.07) is 7.31. The summed E-state index contributed by atoms with van der Waals surface area (Å²) in [5, 5.41) is 0. The van der Waals surface area contributed by atoms with Crippen molar-refractivity contribution in [3.8, 4) is 0 Å². The summed E-state index contributed by atoms with van der Waals surface area (Å²) >= 11 is 0. The fourth-order valence-electron chi connectivity index (χ4n) is 4.61. The third-order valence-electron chi connectivity index (χ3n) is 5.46. The molecule has 0 amide bonds. The molecule has 20 heavy (non-hydrogen) atoms. The molecule has 1 aromatic carbocycles. The van der Waals surface area contributed by atoms with Crippen LogP contribution in [0.4, 0.5) is 4.39 Å². The third kappa shape index (κ3) is 2.68. The second-order valence-electron chi connectivity index (χ2n) is 6.55. The minimum Gasteiger partial charge on any atom is -0.207 e. The average molecular weight is 272 g/mol. The zero-order valence-corrected chi connectivity index (χ0v) is 12.4. The lowest BCUT2D eigenvalue weighted by atomic mass is 9.59. The molecule has 2 fully saturated rings. The number of hydrogen-bond donors (Lipinski definition) is 0. The molecule has 0 saturated heterocycles. The van der Waals surface area contributed by atoms with Gasteiger partial charge in [-0.2, -0.15) is 0 Å². The molecule has 0 aliphatic heterocycles. The summed E-state index contributed by atoms with van der Waals surface area (Å²) in [5.74, 6) is 2.84. The van der Waals surface area contributed by atoms with Crippen LogP contribution in [0.15, 0.2) is 36.4 Å². The van der Waals surface area contributed by atoms with Crippen LogP contribution in [0.2, 0.25) is 0 Å². The van der Waals surface area contributed by atoms with Crippen molar-refractivity contribution < 1.29 is 4.39 Å². The first-order valence-corrected chi connectivity index (χ1v) is 8.18. The quantitative estimate of drug-likeness (QED) is 0.606. The van der Waals surface area contributed by atoms with Crippen LogP contribution in [-0.2, 0) is 0 Å². The largest absolute Gasteiger partial charge is 0.207 e. The van der Waals surface area contributed by atoms with Gasteiger partial charge in [0.15, 0.2) is 0 Å². The fraction of sp³-hybridized carbons (Fsp3) is 0.579. The third-order valence-corrected chi connectivity index (χ3v) is 5.46. The molecule has 1 heteroatoms. The van der Waals surface area contributed by atoms with E-state index in [1.165, 1.54) is 44.1 Å². The van der Waals surface area contributed by atoms with Crippen LogP contribution in [-0.4, -0.2) is 0 Å². The molecule has 2 aliphatic rings. The Kier molecular flexibility index (Phi) is 4.24. The van der Waals surface area contributed by atoms with Crippen molar-refractivity contribution >= 4 is 0 Å². The SMILES string of the molecule is C/C=C/C1CCC2CCCCC2C1c1ccc(F)cc1. The van der Waals surface area contributed by atoms with Crippen LogP contribution in [0.25, 0.3) is 0 Å². The lowest BCUT2D eigenvalue weighted by molar-refractivity contribution is 0.117. The van der Waals surface area contributed by atoms with E-state index in [4.69, 9.17) is 0 Å². The molecule has 1 aromatic rings. The van der Waals surface area contributed by atoms with Gasteiger partial charge in [-0.3, -0.25) is 0 Å². The maximum atomic E-state index is 13.2. The number of benzene rings is 1. The van der Waals surface area contributed by atoms with E-state index in [0.717, 1.165) is 11.8 Å². The maximum Gasteiger partial charge on any atom is 0.123 e. The van der Waals surface area contributed by atoms with E-state index < -0.39 is 0 Å². The van der Waals surface area contributed by atoms with Gasteiger partial charge in [0.25, 0.3) is 0 Å². The van der Waals surface area contributed by atoms with E-state index >= 15 is 0 Å². The fourth-order valence-corrected chi connectivity index (χ4v) is 4.61. The van der Waals surface area contributed by atoms with Gasteiger partial charge in [0.2, 0.25) is 0 Å². The summed E-state index contributed by atoms with van der Waals surface area (Å²) < 4.78 is 13.2. The van der Waals surface area contributed by atoms with Crippen molar-refractivity contribution in [1.29, 1.82) is 0 Å². The van der Waals surface area contributed by atoms with Gasteiger partial charge in [-0.25, -0.2) is 4.39 Å². The number of rotatable bonds is 2. The van der Waals surface area contributed by atoms with Gasteiger partial charge in [-0.1, -0.05) is 43.5 Å². The first-order chi connectivity index (χ1) is 9.79. The van der Waals surface area contributed by atoms with Gasteiger partial charge in [0.05, 0.1) is 0 Å². The molecule has 4 unspecified atom stereocenters. The van der Waals surface area contributed by atoms with Crippen molar-refractivity contribution in [3.05, 3.63) is 47.8 Å². The van der Waals surface area contributed by atoms with Crippen LogP contribution in [0.5, 0.6) is 0 Å². The summed E-state index contributed by atoms with van der Waals surface area (Å²) in [6.07, 6.45) is 12.8. The lowest BCUT2D eigenvalue weighted by Gasteiger charge is -2.45. The molecule has 0 heterocycles. The highest BCUT2D eigenvalue weighted by Crippen LogP contribution is 2.51. The van der Waals surface area contributed by atoms with Crippen LogP contribution >= 0.6 is 0 Å². The molecule has 0 bridgehead atoms. The molecule has 4 atom stereocenters. The van der Waals surface area contributed by atoms with Crippen molar-refractivity contribution in [2.45, 2.75) is 51.4 Å². The van der Waals surface area contributed by atoms with Crippen molar-refractivity contribution in [1.82, 2.24) is 0 Å². The molecule has 108 valence electrons.